The first-order chi connectivity index (χ1) is 7.98. The fourth-order valence-electron chi connectivity index (χ4n) is 1.37. The molecule has 0 atom stereocenters. The van der Waals surface area contributed by atoms with Crippen LogP contribution in [0.4, 0.5) is 13.2 Å². The van der Waals surface area contributed by atoms with Crippen LogP contribution in [0.25, 0.3) is 0 Å². The van der Waals surface area contributed by atoms with E-state index in [-0.39, 0.29) is 6.61 Å². The van der Waals surface area contributed by atoms with Gasteiger partial charge in [-0.3, -0.25) is 0 Å². The Kier molecular flexibility index (Phi) is 5.38. The van der Waals surface area contributed by atoms with Crippen LogP contribution in [0, 0.1) is 0 Å². The molecule has 0 saturated heterocycles. The van der Waals surface area contributed by atoms with Crippen molar-refractivity contribution in [3.8, 4) is 0 Å². The Morgan fingerprint density at radius 3 is 2.47 bits per heavy atom. The van der Waals surface area contributed by atoms with E-state index >= 15 is 0 Å². The van der Waals surface area contributed by atoms with E-state index in [2.05, 4.69) is 30.9 Å². The van der Waals surface area contributed by atoms with E-state index in [9.17, 15) is 13.2 Å². The molecular formula is C9H13BrF3N3O. The quantitative estimate of drug-likeness (QED) is 0.597. The second-order valence-corrected chi connectivity index (χ2v) is 3.89. The highest BCUT2D eigenvalue weighted by molar-refractivity contribution is 9.08. The van der Waals surface area contributed by atoms with E-state index < -0.39 is 12.8 Å². The zero-order chi connectivity index (χ0) is 12.9. The molecule has 0 aliphatic heterocycles. The zero-order valence-corrected chi connectivity index (χ0v) is 10.9. The van der Waals surface area contributed by atoms with Crippen LogP contribution in [0.5, 0.6) is 0 Å². The number of hydrogen-bond donors (Lipinski definition) is 0. The molecule has 0 amide bonds. The molecule has 1 rings (SSSR count). The second-order valence-electron chi connectivity index (χ2n) is 3.33. The average molecular weight is 316 g/mol. The lowest BCUT2D eigenvalue weighted by Gasteiger charge is -2.08. The summed E-state index contributed by atoms with van der Waals surface area (Å²) in [6.07, 6.45) is -3.95. The second kappa shape index (κ2) is 6.34. The summed E-state index contributed by atoms with van der Waals surface area (Å²) in [5.41, 5.74) is 0. The van der Waals surface area contributed by atoms with E-state index in [0.29, 0.717) is 24.1 Å². The minimum absolute atomic E-state index is 0.0140. The molecule has 0 aromatic carbocycles. The van der Waals surface area contributed by atoms with Gasteiger partial charge in [-0.1, -0.05) is 15.9 Å². The summed E-state index contributed by atoms with van der Waals surface area (Å²) in [4.78, 5) is 0. The molecule has 1 aromatic heterocycles. The highest BCUT2D eigenvalue weighted by atomic mass is 79.9. The molecule has 0 spiro atoms. The molecule has 1 aromatic rings. The van der Waals surface area contributed by atoms with Crippen molar-refractivity contribution in [2.75, 3.05) is 13.2 Å². The van der Waals surface area contributed by atoms with E-state index in [1.807, 2.05) is 11.5 Å². The topological polar surface area (TPSA) is 39.9 Å². The van der Waals surface area contributed by atoms with Crippen LogP contribution in [0.1, 0.15) is 18.6 Å². The Morgan fingerprint density at radius 1 is 1.29 bits per heavy atom. The summed E-state index contributed by atoms with van der Waals surface area (Å²) in [6.45, 7) is 1.37. The molecule has 17 heavy (non-hydrogen) atoms. The number of ether oxygens (including phenoxy) is 1. The van der Waals surface area contributed by atoms with Crippen molar-refractivity contribution < 1.29 is 17.9 Å². The van der Waals surface area contributed by atoms with Gasteiger partial charge < -0.3 is 9.30 Å². The number of aromatic nitrogens is 3. The summed E-state index contributed by atoms with van der Waals surface area (Å²) in [7, 11) is 0. The van der Waals surface area contributed by atoms with Crippen molar-refractivity contribution in [2.45, 2.75) is 31.4 Å². The van der Waals surface area contributed by atoms with Crippen LogP contribution >= 0.6 is 15.9 Å². The number of hydrogen-bond acceptors (Lipinski definition) is 3. The lowest BCUT2D eigenvalue weighted by Crippen LogP contribution is -2.18. The molecule has 0 bridgehead atoms. The van der Waals surface area contributed by atoms with Crippen molar-refractivity contribution in [3.05, 3.63) is 11.6 Å². The average Bonchev–Trinajstić information content (AvgIpc) is 2.65. The van der Waals surface area contributed by atoms with Crippen LogP contribution in [0.3, 0.4) is 0 Å². The van der Waals surface area contributed by atoms with E-state index in [0.717, 1.165) is 5.82 Å². The smallest absolute Gasteiger partial charge is 0.372 e. The molecular weight excluding hydrogens is 303 g/mol. The maximum absolute atomic E-state index is 11.8. The Bertz CT molecular complexity index is 354. The normalized spacial score (nSPS) is 12.1. The van der Waals surface area contributed by atoms with Crippen LogP contribution in [-0.4, -0.2) is 34.2 Å². The standard InChI is InChI=1S/C9H13BrF3N3O/c1-2-16-7(14-15-8(16)5-10)3-4-17-6-9(11,12)13/h2-6H2,1H3. The molecule has 0 aliphatic carbocycles. The summed E-state index contributed by atoms with van der Waals surface area (Å²) in [5.74, 6) is 1.41. The Labute approximate surface area is 105 Å². The third-order valence-electron chi connectivity index (χ3n) is 2.08. The first-order valence-corrected chi connectivity index (χ1v) is 6.21. The summed E-state index contributed by atoms with van der Waals surface area (Å²) >= 11 is 3.27. The fraction of sp³-hybridized carbons (Fsp3) is 0.778. The maximum atomic E-state index is 11.8. The van der Waals surface area contributed by atoms with Crippen LogP contribution in [0.2, 0.25) is 0 Å². The van der Waals surface area contributed by atoms with Gasteiger partial charge in [-0.15, -0.1) is 10.2 Å². The van der Waals surface area contributed by atoms with Gasteiger partial charge in [0.2, 0.25) is 0 Å². The van der Waals surface area contributed by atoms with Crippen molar-refractivity contribution in [1.29, 1.82) is 0 Å². The minimum Gasteiger partial charge on any atom is -0.372 e. The fourth-order valence-corrected chi connectivity index (χ4v) is 1.79. The number of nitrogens with zero attached hydrogens (tertiary/aromatic N) is 3. The van der Waals surface area contributed by atoms with Gasteiger partial charge in [0.05, 0.1) is 11.9 Å². The number of alkyl halides is 4. The Balaban J connectivity index is 2.44. The Morgan fingerprint density at radius 2 is 1.94 bits per heavy atom. The highest BCUT2D eigenvalue weighted by Gasteiger charge is 2.27. The predicted molar refractivity (Wildman–Crippen MR) is 58.9 cm³/mol. The third kappa shape index (κ3) is 4.63. The molecule has 98 valence electrons. The van der Waals surface area contributed by atoms with E-state index in [4.69, 9.17) is 0 Å². The first-order valence-electron chi connectivity index (χ1n) is 5.09. The van der Waals surface area contributed by atoms with Gasteiger partial charge in [-0.05, 0) is 6.92 Å². The highest BCUT2D eigenvalue weighted by Crippen LogP contribution is 2.14. The predicted octanol–water partition coefficient (Wildman–Crippen LogP) is 2.31. The monoisotopic (exact) mass is 315 g/mol. The van der Waals surface area contributed by atoms with Gasteiger partial charge in [0.15, 0.2) is 0 Å². The summed E-state index contributed by atoms with van der Waals surface area (Å²) < 4.78 is 41.8. The van der Waals surface area contributed by atoms with Gasteiger partial charge in [-0.2, -0.15) is 13.2 Å². The molecule has 8 heteroatoms. The summed E-state index contributed by atoms with van der Waals surface area (Å²) in [6, 6.07) is 0. The lowest BCUT2D eigenvalue weighted by atomic mass is 10.4. The zero-order valence-electron chi connectivity index (χ0n) is 9.30. The van der Waals surface area contributed by atoms with Gasteiger partial charge in [0, 0.05) is 13.0 Å². The Hall–Kier alpha value is -0.630. The molecule has 0 fully saturated rings. The van der Waals surface area contributed by atoms with E-state index in [1.54, 1.807) is 0 Å². The summed E-state index contributed by atoms with van der Waals surface area (Å²) in [5, 5.41) is 8.40. The van der Waals surface area contributed by atoms with Crippen LogP contribution in [0.15, 0.2) is 0 Å². The van der Waals surface area contributed by atoms with Crippen molar-refractivity contribution in [2.24, 2.45) is 0 Å². The molecule has 0 aliphatic rings. The van der Waals surface area contributed by atoms with Crippen LogP contribution in [-0.2, 0) is 23.0 Å². The SMILES string of the molecule is CCn1c(CBr)nnc1CCOCC(F)(F)F. The molecule has 0 unspecified atom stereocenters. The maximum Gasteiger partial charge on any atom is 0.411 e. The van der Waals surface area contributed by atoms with Crippen molar-refractivity contribution in [3.63, 3.8) is 0 Å². The van der Waals surface area contributed by atoms with E-state index in [1.165, 1.54) is 0 Å². The van der Waals surface area contributed by atoms with Crippen LogP contribution < -0.4 is 0 Å². The van der Waals surface area contributed by atoms with Gasteiger partial charge in [-0.25, -0.2) is 0 Å². The lowest BCUT2D eigenvalue weighted by molar-refractivity contribution is -0.173. The number of halogens is 4. The van der Waals surface area contributed by atoms with Gasteiger partial charge in [0.25, 0.3) is 0 Å². The van der Waals surface area contributed by atoms with Crippen molar-refractivity contribution >= 4 is 15.9 Å². The minimum atomic E-state index is -4.28. The molecule has 0 radical (unpaired) electrons. The van der Waals surface area contributed by atoms with Gasteiger partial charge >= 0.3 is 6.18 Å². The molecule has 4 nitrogen and oxygen atoms in total. The molecule has 1 heterocycles. The van der Waals surface area contributed by atoms with Gasteiger partial charge in [0.1, 0.15) is 18.3 Å². The largest absolute Gasteiger partial charge is 0.411 e. The third-order valence-corrected chi connectivity index (χ3v) is 2.58. The molecule has 0 saturated carbocycles. The van der Waals surface area contributed by atoms with Crippen molar-refractivity contribution in [1.82, 2.24) is 14.8 Å². The number of rotatable bonds is 6. The first kappa shape index (κ1) is 14.4. The molecule has 0 N–H and O–H groups in total.